The summed E-state index contributed by atoms with van der Waals surface area (Å²) in [5, 5.41) is 3.33. The van der Waals surface area contributed by atoms with E-state index in [0.717, 1.165) is 40.2 Å². The highest BCUT2D eigenvalue weighted by atomic mass is 19.4. The summed E-state index contributed by atoms with van der Waals surface area (Å²) in [6.07, 6.45) is -0.700. The summed E-state index contributed by atoms with van der Waals surface area (Å²) >= 11 is 0. The van der Waals surface area contributed by atoms with E-state index in [2.05, 4.69) is 16.0 Å². The van der Waals surface area contributed by atoms with E-state index in [4.69, 9.17) is 0 Å². The Labute approximate surface area is 129 Å². The fraction of sp³-hybridized carbons (Fsp3) is 0.200. The van der Waals surface area contributed by atoms with Gasteiger partial charge in [-0.2, -0.15) is 18.3 Å². The molecule has 120 valence electrons. The number of carbonyl (C=O) groups excluding carboxylic acids is 1. The minimum atomic E-state index is -4.52. The fourth-order valence-electron chi connectivity index (χ4n) is 2.33. The molecule has 0 atom stereocenters. The summed E-state index contributed by atoms with van der Waals surface area (Å²) in [6, 6.07) is 8.58. The first-order valence-electron chi connectivity index (χ1n) is 6.87. The van der Waals surface area contributed by atoms with Gasteiger partial charge in [0.05, 0.1) is 5.70 Å². The molecule has 3 rings (SSSR count). The van der Waals surface area contributed by atoms with Gasteiger partial charge in [-0.25, -0.2) is 0 Å². The second-order valence-electron chi connectivity index (χ2n) is 5.05. The van der Waals surface area contributed by atoms with Gasteiger partial charge in [0.2, 0.25) is 0 Å². The van der Waals surface area contributed by atoms with Crippen LogP contribution >= 0.6 is 0 Å². The van der Waals surface area contributed by atoms with Gasteiger partial charge in [-0.1, -0.05) is 30.3 Å². The smallest absolute Gasteiger partial charge is 0.298 e. The van der Waals surface area contributed by atoms with Crippen molar-refractivity contribution in [2.75, 3.05) is 0 Å². The van der Waals surface area contributed by atoms with E-state index in [-0.39, 0.29) is 6.54 Å². The van der Waals surface area contributed by atoms with Gasteiger partial charge >= 0.3 is 6.18 Å². The molecule has 2 aromatic rings. The first-order valence-corrected chi connectivity index (χ1v) is 6.87. The predicted octanol–water partition coefficient (Wildman–Crippen LogP) is 2.12. The molecule has 1 aliphatic rings. The lowest BCUT2D eigenvalue weighted by Gasteiger charge is -2.11. The second kappa shape index (κ2) is 5.79. The Morgan fingerprint density at radius 1 is 1.26 bits per heavy atom. The summed E-state index contributed by atoms with van der Waals surface area (Å²) in [6.45, 7) is -0.308. The zero-order valence-electron chi connectivity index (χ0n) is 11.9. The molecule has 1 heterocycles. The number of amides is 1. The number of aromatic nitrogens is 2. The molecule has 1 aromatic carbocycles. The first-order chi connectivity index (χ1) is 10.9. The van der Waals surface area contributed by atoms with Gasteiger partial charge in [0.1, 0.15) is 6.54 Å². The van der Waals surface area contributed by atoms with Crippen LogP contribution in [0.5, 0.6) is 0 Å². The summed E-state index contributed by atoms with van der Waals surface area (Å²) in [5.41, 5.74) is 7.14. The molecule has 1 aromatic heterocycles. The molecule has 1 aliphatic carbocycles. The molecule has 5 nitrogen and oxygen atoms in total. The number of nitrogens with one attached hydrogen (secondary N) is 2. The number of benzene rings is 1. The Morgan fingerprint density at radius 2 is 2.04 bits per heavy atom. The van der Waals surface area contributed by atoms with E-state index >= 15 is 0 Å². The molecule has 23 heavy (non-hydrogen) atoms. The number of rotatable bonds is 4. The van der Waals surface area contributed by atoms with Gasteiger partial charge in [-0.15, -0.1) is 0 Å². The van der Waals surface area contributed by atoms with Crippen LogP contribution in [-0.2, 0) is 23.9 Å². The highest BCUT2D eigenvalue weighted by Crippen LogP contribution is 2.27. The molecule has 0 fully saturated rings. The van der Waals surface area contributed by atoms with Crippen molar-refractivity contribution in [1.29, 1.82) is 0 Å². The zero-order chi connectivity index (χ0) is 16.4. The molecule has 0 unspecified atom stereocenters. The molecule has 2 N–H and O–H groups in total. The Bertz CT molecular complexity index is 764. The number of hydrogen-bond donors (Lipinski definition) is 2. The van der Waals surface area contributed by atoms with Crippen molar-refractivity contribution in [3.8, 4) is 0 Å². The van der Waals surface area contributed by atoms with Crippen molar-refractivity contribution in [1.82, 2.24) is 20.6 Å². The van der Waals surface area contributed by atoms with E-state index in [1.807, 2.05) is 30.3 Å². The molecule has 0 spiro atoms. The number of hydrogen-bond acceptors (Lipinski definition) is 3. The fourth-order valence-corrected chi connectivity index (χ4v) is 2.33. The van der Waals surface area contributed by atoms with Crippen molar-refractivity contribution in [3.63, 3.8) is 0 Å². The molecule has 0 aliphatic heterocycles. The monoisotopic (exact) mass is 322 g/mol. The lowest BCUT2D eigenvalue weighted by atomic mass is 10.1. The number of carbonyl (C=O) groups is 1. The molecule has 0 bridgehead atoms. The van der Waals surface area contributed by atoms with E-state index in [1.165, 1.54) is 0 Å². The summed E-state index contributed by atoms with van der Waals surface area (Å²) in [7, 11) is 0. The number of fused-ring (bicyclic) bond motifs is 1. The van der Waals surface area contributed by atoms with E-state index in [1.54, 1.807) is 0 Å². The second-order valence-corrected chi connectivity index (χ2v) is 5.05. The lowest BCUT2D eigenvalue weighted by molar-refractivity contribution is -0.141. The highest BCUT2D eigenvalue weighted by molar-refractivity contribution is 5.78. The highest BCUT2D eigenvalue weighted by Gasteiger charge is 2.33. The number of halogens is 3. The van der Waals surface area contributed by atoms with Crippen LogP contribution in [0.15, 0.2) is 42.6 Å². The van der Waals surface area contributed by atoms with E-state index < -0.39 is 17.8 Å². The third-order valence-electron chi connectivity index (χ3n) is 3.41. The van der Waals surface area contributed by atoms with Crippen LogP contribution in [0.3, 0.4) is 0 Å². The van der Waals surface area contributed by atoms with E-state index in [9.17, 15) is 18.0 Å². The number of allylic oxidation sites excluding steroid dienone is 1. The third kappa shape index (κ3) is 3.36. The molecule has 0 radical (unpaired) electrons. The standard InChI is InChI=1S/C15H13F3N4O/c16-15(17,18)13-7-8-22(21-13)9-14(23)20-19-12-6-5-10-3-1-2-4-11(10)12/h1-4,6-8,19H,5,9H2,(H,20,23). The van der Waals surface area contributed by atoms with Gasteiger partial charge < -0.3 is 0 Å². The largest absolute Gasteiger partial charge is 0.435 e. The van der Waals surface area contributed by atoms with Crippen molar-refractivity contribution < 1.29 is 18.0 Å². The van der Waals surface area contributed by atoms with Gasteiger partial charge in [-0.05, 0) is 18.1 Å². The quantitative estimate of drug-likeness (QED) is 0.848. The molecule has 8 heteroatoms. The van der Waals surface area contributed by atoms with Crippen LogP contribution in [0.1, 0.15) is 16.8 Å². The van der Waals surface area contributed by atoms with Crippen molar-refractivity contribution in [3.05, 3.63) is 59.4 Å². The number of alkyl halides is 3. The zero-order valence-corrected chi connectivity index (χ0v) is 11.9. The maximum atomic E-state index is 12.4. The number of hydrazine groups is 1. The molecule has 0 saturated heterocycles. The average molecular weight is 322 g/mol. The SMILES string of the molecule is O=C(Cn1ccc(C(F)(F)F)n1)NNC1=CCc2ccccc21. The van der Waals surface area contributed by atoms with Crippen LogP contribution in [0, 0.1) is 0 Å². The molecule has 0 saturated carbocycles. The van der Waals surface area contributed by atoms with Crippen LogP contribution in [0.2, 0.25) is 0 Å². The van der Waals surface area contributed by atoms with Crippen LogP contribution in [-0.4, -0.2) is 15.7 Å². The third-order valence-corrected chi connectivity index (χ3v) is 3.41. The Morgan fingerprint density at radius 3 is 2.78 bits per heavy atom. The summed E-state index contributed by atoms with van der Waals surface area (Å²) in [5.74, 6) is -0.493. The van der Waals surface area contributed by atoms with Crippen molar-refractivity contribution in [2.24, 2.45) is 0 Å². The lowest BCUT2D eigenvalue weighted by Crippen LogP contribution is -2.38. The molecule has 1 amide bonds. The van der Waals surface area contributed by atoms with Gasteiger partial charge in [0.15, 0.2) is 5.69 Å². The Balaban J connectivity index is 1.56. The Kier molecular flexibility index (Phi) is 3.81. The summed E-state index contributed by atoms with van der Waals surface area (Å²) < 4.78 is 38.2. The van der Waals surface area contributed by atoms with E-state index in [0.29, 0.717) is 0 Å². The maximum absolute atomic E-state index is 12.4. The number of nitrogens with zero attached hydrogens (tertiary/aromatic N) is 2. The average Bonchev–Trinajstić information content (AvgIpc) is 3.11. The normalized spacial score (nSPS) is 13.4. The summed E-state index contributed by atoms with van der Waals surface area (Å²) in [4.78, 5) is 11.8. The first kappa shape index (κ1) is 15.1. The predicted molar refractivity (Wildman–Crippen MR) is 76.6 cm³/mol. The van der Waals surface area contributed by atoms with Crippen molar-refractivity contribution in [2.45, 2.75) is 19.1 Å². The van der Waals surface area contributed by atoms with Gasteiger partial charge in [0, 0.05) is 11.8 Å². The Hall–Kier alpha value is -2.77. The maximum Gasteiger partial charge on any atom is 0.435 e. The minimum absolute atomic E-state index is 0.308. The minimum Gasteiger partial charge on any atom is -0.298 e. The topological polar surface area (TPSA) is 59.0 Å². The van der Waals surface area contributed by atoms with Crippen LogP contribution in [0.25, 0.3) is 5.70 Å². The van der Waals surface area contributed by atoms with Gasteiger partial charge in [0.25, 0.3) is 5.91 Å². The van der Waals surface area contributed by atoms with Crippen molar-refractivity contribution >= 4 is 11.6 Å². The van der Waals surface area contributed by atoms with Crippen LogP contribution in [0.4, 0.5) is 13.2 Å². The van der Waals surface area contributed by atoms with Crippen LogP contribution < -0.4 is 10.9 Å². The molecular weight excluding hydrogens is 309 g/mol. The molecular formula is C15H13F3N4O. The van der Waals surface area contributed by atoms with Gasteiger partial charge in [-0.3, -0.25) is 20.3 Å².